The number of fused-ring (bicyclic) bond motifs is 7. The topological polar surface area (TPSA) is 80.0 Å². The van der Waals surface area contributed by atoms with Gasteiger partial charge in [0.1, 0.15) is 0 Å². The first-order valence-electron chi connectivity index (χ1n) is 7.75. The molecule has 1 aromatic heterocycles. The molecule has 0 bridgehead atoms. The second-order valence-electron chi connectivity index (χ2n) is 6.18. The number of nitrogens with zero attached hydrogens (tertiary/aromatic N) is 1. The van der Waals surface area contributed by atoms with Crippen LogP contribution in [0.5, 0.6) is 0 Å². The van der Waals surface area contributed by atoms with E-state index in [2.05, 4.69) is 0 Å². The van der Waals surface area contributed by atoms with Gasteiger partial charge < -0.3 is 21.4 Å². The van der Waals surface area contributed by atoms with Crippen molar-refractivity contribution in [3.05, 3.63) is 65.9 Å². The van der Waals surface area contributed by atoms with Gasteiger partial charge in [-0.05, 0) is 46.5 Å². The molecule has 116 valence electrons. The van der Waals surface area contributed by atoms with E-state index in [-0.39, 0.29) is 0 Å². The lowest BCUT2D eigenvalue weighted by molar-refractivity contribution is 1.22. The number of rotatable bonds is 0. The van der Waals surface area contributed by atoms with E-state index < -0.39 is 0 Å². The third-order valence-corrected chi connectivity index (χ3v) is 4.73. The molecule has 1 heterocycles. The van der Waals surface area contributed by atoms with E-state index in [1.165, 1.54) is 0 Å². The zero-order chi connectivity index (χ0) is 16.4. The predicted molar refractivity (Wildman–Crippen MR) is 102 cm³/mol. The third kappa shape index (κ3) is 1.57. The molecule has 0 aliphatic carbocycles. The standard InChI is InChI=1S/C20H14N3O/c21-13-5-1-11-4-8-18-19(16(11)9-13)15-7-3-12-2-6-14(22)10-17(12)20(15)23(18)24/h1-10H,21-22H2/q-1. The van der Waals surface area contributed by atoms with Crippen LogP contribution in [0.4, 0.5) is 11.4 Å². The summed E-state index contributed by atoms with van der Waals surface area (Å²) < 4.78 is 1.01. The summed E-state index contributed by atoms with van der Waals surface area (Å²) in [6.07, 6.45) is 0. The van der Waals surface area contributed by atoms with Crippen molar-refractivity contribution in [1.82, 2.24) is 4.73 Å². The molecule has 4 nitrogen and oxygen atoms in total. The molecule has 0 aliphatic rings. The lowest BCUT2D eigenvalue weighted by Crippen LogP contribution is -1.88. The first-order valence-corrected chi connectivity index (χ1v) is 7.75. The van der Waals surface area contributed by atoms with Gasteiger partial charge in [0, 0.05) is 33.1 Å². The third-order valence-electron chi connectivity index (χ3n) is 4.73. The molecule has 4 aromatic carbocycles. The van der Waals surface area contributed by atoms with Crippen LogP contribution >= 0.6 is 0 Å². The molecule has 4 N–H and O–H groups in total. The Morgan fingerprint density at radius 3 is 2.00 bits per heavy atom. The SMILES string of the molecule is Nc1ccc2ccc3c(c2c1)c1ccc2ccc(N)cc2c1n3[O-]. The first-order chi connectivity index (χ1) is 11.6. The summed E-state index contributed by atoms with van der Waals surface area (Å²) in [6, 6.07) is 19.3. The Balaban J connectivity index is 2.12. The average molecular weight is 312 g/mol. The van der Waals surface area contributed by atoms with E-state index in [0.717, 1.165) is 37.0 Å². The molecule has 0 atom stereocenters. The van der Waals surface area contributed by atoms with Gasteiger partial charge in [-0.2, -0.15) is 0 Å². The van der Waals surface area contributed by atoms with Crippen LogP contribution in [0.2, 0.25) is 0 Å². The minimum Gasteiger partial charge on any atom is -0.805 e. The molecular weight excluding hydrogens is 298 g/mol. The summed E-state index contributed by atoms with van der Waals surface area (Å²) in [4.78, 5) is 0. The Labute approximate surface area is 137 Å². The molecule has 0 saturated heterocycles. The fourth-order valence-electron chi connectivity index (χ4n) is 3.64. The first kappa shape index (κ1) is 13.1. The maximum atomic E-state index is 13.0. The van der Waals surface area contributed by atoms with E-state index in [9.17, 15) is 5.21 Å². The van der Waals surface area contributed by atoms with Crippen molar-refractivity contribution in [2.24, 2.45) is 0 Å². The fraction of sp³-hybridized carbons (Fsp3) is 0. The number of hydrogen-bond donors (Lipinski definition) is 2. The van der Waals surface area contributed by atoms with Crippen LogP contribution in [0, 0.1) is 5.21 Å². The van der Waals surface area contributed by atoms with Gasteiger partial charge in [0.15, 0.2) is 0 Å². The maximum absolute atomic E-state index is 13.0. The van der Waals surface area contributed by atoms with E-state index >= 15 is 0 Å². The molecule has 4 heteroatoms. The van der Waals surface area contributed by atoms with Crippen molar-refractivity contribution < 1.29 is 0 Å². The van der Waals surface area contributed by atoms with Crippen LogP contribution in [0.3, 0.4) is 0 Å². The van der Waals surface area contributed by atoms with E-state index in [1.54, 1.807) is 0 Å². The van der Waals surface area contributed by atoms with Crippen molar-refractivity contribution in [2.45, 2.75) is 0 Å². The van der Waals surface area contributed by atoms with Crippen molar-refractivity contribution >= 4 is 54.7 Å². The van der Waals surface area contributed by atoms with Gasteiger partial charge in [-0.1, -0.05) is 30.3 Å². The van der Waals surface area contributed by atoms with Crippen LogP contribution in [0.15, 0.2) is 60.7 Å². The lowest BCUT2D eigenvalue weighted by atomic mass is 10.0. The van der Waals surface area contributed by atoms with Gasteiger partial charge >= 0.3 is 0 Å². The van der Waals surface area contributed by atoms with Crippen LogP contribution in [-0.4, -0.2) is 4.73 Å². The Morgan fingerprint density at radius 2 is 1.25 bits per heavy atom. The van der Waals surface area contributed by atoms with Gasteiger partial charge in [0.05, 0.1) is 5.52 Å². The summed E-state index contributed by atoms with van der Waals surface area (Å²) in [5, 5.41) is 18.8. The van der Waals surface area contributed by atoms with Crippen LogP contribution in [0.25, 0.3) is 43.4 Å². The largest absolute Gasteiger partial charge is 0.805 e. The molecule has 24 heavy (non-hydrogen) atoms. The highest BCUT2D eigenvalue weighted by Crippen LogP contribution is 2.38. The summed E-state index contributed by atoms with van der Waals surface area (Å²) in [6.45, 7) is 0. The minimum atomic E-state index is 0.648. The highest BCUT2D eigenvalue weighted by atomic mass is 16.5. The van der Waals surface area contributed by atoms with E-state index in [4.69, 9.17) is 11.5 Å². The number of hydrogen-bond acceptors (Lipinski definition) is 3. The number of aromatic nitrogens is 1. The van der Waals surface area contributed by atoms with Crippen LogP contribution in [-0.2, 0) is 0 Å². The number of nitrogens with two attached hydrogens (primary N) is 2. The predicted octanol–water partition coefficient (Wildman–Crippen LogP) is 4.61. The average Bonchev–Trinajstić information content (AvgIpc) is 2.88. The monoisotopic (exact) mass is 312 g/mol. The Hall–Kier alpha value is -3.40. The molecule has 0 spiro atoms. The second kappa shape index (κ2) is 4.32. The molecule has 5 rings (SSSR count). The lowest BCUT2D eigenvalue weighted by Gasteiger charge is -2.12. The zero-order valence-electron chi connectivity index (χ0n) is 12.8. The summed E-state index contributed by atoms with van der Waals surface area (Å²) in [5.41, 5.74) is 14.6. The van der Waals surface area contributed by atoms with E-state index in [1.807, 2.05) is 60.7 Å². The maximum Gasteiger partial charge on any atom is 0.0524 e. The van der Waals surface area contributed by atoms with Crippen molar-refractivity contribution in [3.63, 3.8) is 0 Å². The van der Waals surface area contributed by atoms with Gasteiger partial charge in [-0.25, -0.2) is 0 Å². The molecule has 0 radical (unpaired) electrons. The molecular formula is C20H14N3O-. The van der Waals surface area contributed by atoms with Gasteiger partial charge in [0.2, 0.25) is 0 Å². The van der Waals surface area contributed by atoms with Crippen molar-refractivity contribution in [2.75, 3.05) is 11.5 Å². The summed E-state index contributed by atoms with van der Waals surface area (Å²) >= 11 is 0. The number of nitrogen functional groups attached to an aromatic ring is 2. The number of anilines is 2. The van der Waals surface area contributed by atoms with Gasteiger partial charge in [0.25, 0.3) is 0 Å². The molecule has 5 aromatic rings. The fourth-order valence-corrected chi connectivity index (χ4v) is 3.64. The van der Waals surface area contributed by atoms with Crippen molar-refractivity contribution in [3.8, 4) is 0 Å². The quantitative estimate of drug-likeness (QED) is 0.410. The molecule has 0 unspecified atom stereocenters. The minimum absolute atomic E-state index is 0.648. The highest BCUT2D eigenvalue weighted by Gasteiger charge is 2.12. The normalized spacial score (nSPS) is 11.8. The molecule has 0 saturated carbocycles. The Bertz CT molecular complexity index is 1280. The number of benzene rings is 4. The Kier molecular flexibility index (Phi) is 2.36. The van der Waals surface area contributed by atoms with Crippen molar-refractivity contribution in [1.29, 1.82) is 0 Å². The zero-order valence-corrected chi connectivity index (χ0v) is 12.8. The highest BCUT2D eigenvalue weighted by molar-refractivity contribution is 6.25. The smallest absolute Gasteiger partial charge is 0.0524 e. The van der Waals surface area contributed by atoms with Gasteiger partial charge in [-0.15, -0.1) is 0 Å². The second-order valence-corrected chi connectivity index (χ2v) is 6.18. The van der Waals surface area contributed by atoms with Crippen LogP contribution in [0.1, 0.15) is 0 Å². The summed E-state index contributed by atoms with van der Waals surface area (Å²) in [7, 11) is 0. The van der Waals surface area contributed by atoms with Crippen LogP contribution < -0.4 is 11.5 Å². The molecule has 0 amide bonds. The Morgan fingerprint density at radius 1 is 0.667 bits per heavy atom. The summed E-state index contributed by atoms with van der Waals surface area (Å²) in [5.74, 6) is 0. The van der Waals surface area contributed by atoms with Gasteiger partial charge in [-0.3, -0.25) is 0 Å². The molecule has 0 aliphatic heterocycles. The molecule has 0 fully saturated rings. The van der Waals surface area contributed by atoms with E-state index in [0.29, 0.717) is 22.4 Å².